The number of hydrogen-bond donors (Lipinski definition) is 2. The number of aromatic nitrogens is 2. The van der Waals surface area contributed by atoms with Gasteiger partial charge >= 0.3 is 0 Å². The number of carbonyl (C=O) groups is 1. The number of hydrogen-bond acceptors (Lipinski definition) is 5. The van der Waals surface area contributed by atoms with E-state index in [9.17, 15) is 4.79 Å². The van der Waals surface area contributed by atoms with E-state index in [1.54, 1.807) is 12.4 Å². The van der Waals surface area contributed by atoms with E-state index in [2.05, 4.69) is 20.2 Å². The third-order valence-corrected chi connectivity index (χ3v) is 3.48. The first-order valence-corrected chi connectivity index (χ1v) is 6.73. The van der Waals surface area contributed by atoms with Crippen molar-refractivity contribution in [2.24, 2.45) is 11.7 Å². The molecule has 0 spiro atoms. The minimum Gasteiger partial charge on any atom is -0.353 e. The second kappa shape index (κ2) is 6.47. The quantitative estimate of drug-likeness (QED) is 0.808. The molecule has 1 unspecified atom stereocenters. The van der Waals surface area contributed by atoms with Crippen LogP contribution in [-0.2, 0) is 4.79 Å². The zero-order chi connectivity index (χ0) is 13.7. The second-order valence-corrected chi connectivity index (χ2v) is 4.96. The predicted octanol–water partition coefficient (Wildman–Crippen LogP) is 0.156. The maximum atomic E-state index is 11.8. The smallest absolute Gasteiger partial charge is 0.225 e. The monoisotopic (exact) mass is 263 g/mol. The van der Waals surface area contributed by atoms with Gasteiger partial charge in [0.15, 0.2) is 0 Å². The van der Waals surface area contributed by atoms with E-state index >= 15 is 0 Å². The Bertz CT molecular complexity index is 403. The fraction of sp³-hybridized carbons (Fsp3) is 0.615. The highest BCUT2D eigenvalue weighted by Crippen LogP contribution is 2.15. The summed E-state index contributed by atoms with van der Waals surface area (Å²) in [6.45, 7) is 3.97. The van der Waals surface area contributed by atoms with Gasteiger partial charge in [-0.3, -0.25) is 4.79 Å². The van der Waals surface area contributed by atoms with E-state index in [0.29, 0.717) is 6.54 Å². The first-order valence-electron chi connectivity index (χ1n) is 6.73. The molecule has 1 aliphatic rings. The van der Waals surface area contributed by atoms with Gasteiger partial charge in [-0.1, -0.05) is 6.92 Å². The Morgan fingerprint density at radius 3 is 2.68 bits per heavy atom. The van der Waals surface area contributed by atoms with Gasteiger partial charge in [0.2, 0.25) is 11.9 Å². The van der Waals surface area contributed by atoms with Gasteiger partial charge < -0.3 is 16.0 Å². The molecule has 0 aromatic carbocycles. The van der Waals surface area contributed by atoms with Crippen LogP contribution in [-0.4, -0.2) is 41.6 Å². The van der Waals surface area contributed by atoms with Gasteiger partial charge in [0.25, 0.3) is 0 Å². The molecular formula is C13H21N5O. The van der Waals surface area contributed by atoms with Crippen LogP contribution in [0.25, 0.3) is 0 Å². The van der Waals surface area contributed by atoms with Crippen LogP contribution in [0.1, 0.15) is 19.8 Å². The van der Waals surface area contributed by atoms with Gasteiger partial charge in [-0.15, -0.1) is 0 Å². The molecule has 3 N–H and O–H groups in total. The zero-order valence-corrected chi connectivity index (χ0v) is 11.2. The van der Waals surface area contributed by atoms with E-state index < -0.39 is 0 Å². The van der Waals surface area contributed by atoms with Crippen molar-refractivity contribution in [2.75, 3.05) is 24.5 Å². The summed E-state index contributed by atoms with van der Waals surface area (Å²) >= 11 is 0. The molecule has 1 amide bonds. The van der Waals surface area contributed by atoms with Crippen molar-refractivity contribution in [2.45, 2.75) is 25.8 Å². The summed E-state index contributed by atoms with van der Waals surface area (Å²) in [6, 6.07) is 2.05. The molecule has 1 saturated heterocycles. The minimum atomic E-state index is -0.115. The van der Waals surface area contributed by atoms with Crippen molar-refractivity contribution in [3.63, 3.8) is 0 Å². The fourth-order valence-electron chi connectivity index (χ4n) is 2.13. The number of nitrogens with zero attached hydrogens (tertiary/aromatic N) is 3. The molecule has 0 radical (unpaired) electrons. The second-order valence-electron chi connectivity index (χ2n) is 4.96. The van der Waals surface area contributed by atoms with E-state index in [0.717, 1.165) is 31.9 Å². The number of nitrogens with two attached hydrogens (primary N) is 1. The molecule has 6 heteroatoms. The van der Waals surface area contributed by atoms with E-state index in [-0.39, 0.29) is 17.9 Å². The van der Waals surface area contributed by atoms with Gasteiger partial charge in [-0.05, 0) is 18.9 Å². The fourth-order valence-corrected chi connectivity index (χ4v) is 2.13. The van der Waals surface area contributed by atoms with Crippen LogP contribution in [0.5, 0.6) is 0 Å². The van der Waals surface area contributed by atoms with Crippen LogP contribution in [0, 0.1) is 5.92 Å². The number of carbonyl (C=O) groups excluding carboxylic acids is 1. The standard InChI is InChI=1S/C13H21N5O/c1-10(9-14)12(19)17-11-3-7-18(8-4-11)13-15-5-2-6-16-13/h2,5-6,10-11H,3-4,7-9,14H2,1H3,(H,17,19). The first-order chi connectivity index (χ1) is 9.20. The number of rotatable bonds is 4. The number of anilines is 1. The lowest BCUT2D eigenvalue weighted by Crippen LogP contribution is -2.47. The summed E-state index contributed by atoms with van der Waals surface area (Å²) in [5.41, 5.74) is 5.49. The molecule has 1 fully saturated rings. The van der Waals surface area contributed by atoms with E-state index in [1.165, 1.54) is 0 Å². The molecule has 2 heterocycles. The van der Waals surface area contributed by atoms with Crippen molar-refractivity contribution >= 4 is 11.9 Å². The van der Waals surface area contributed by atoms with Gasteiger partial charge in [-0.2, -0.15) is 0 Å². The molecule has 1 aromatic rings. The van der Waals surface area contributed by atoms with Crippen LogP contribution in [0.2, 0.25) is 0 Å². The lowest BCUT2D eigenvalue weighted by atomic mass is 10.0. The third kappa shape index (κ3) is 3.64. The van der Waals surface area contributed by atoms with Crippen LogP contribution in [0.15, 0.2) is 18.5 Å². The van der Waals surface area contributed by atoms with Gasteiger partial charge in [0.05, 0.1) is 0 Å². The maximum absolute atomic E-state index is 11.8. The van der Waals surface area contributed by atoms with Crippen molar-refractivity contribution in [3.05, 3.63) is 18.5 Å². The molecule has 0 bridgehead atoms. The topological polar surface area (TPSA) is 84.1 Å². The van der Waals surface area contributed by atoms with Crippen molar-refractivity contribution < 1.29 is 4.79 Å². The molecular weight excluding hydrogens is 242 g/mol. The SMILES string of the molecule is CC(CN)C(=O)NC1CCN(c2ncccn2)CC1. The molecule has 19 heavy (non-hydrogen) atoms. The zero-order valence-electron chi connectivity index (χ0n) is 11.2. The van der Waals surface area contributed by atoms with Crippen molar-refractivity contribution in [1.29, 1.82) is 0 Å². The Hall–Kier alpha value is -1.69. The molecule has 1 aromatic heterocycles. The minimum absolute atomic E-state index is 0.0527. The normalized spacial score (nSPS) is 18.1. The summed E-state index contributed by atoms with van der Waals surface area (Å²) in [5, 5.41) is 3.06. The third-order valence-electron chi connectivity index (χ3n) is 3.48. The first kappa shape index (κ1) is 13.7. The van der Waals surface area contributed by atoms with E-state index in [4.69, 9.17) is 5.73 Å². The van der Waals surface area contributed by atoms with E-state index in [1.807, 2.05) is 13.0 Å². The summed E-state index contributed by atoms with van der Waals surface area (Å²) < 4.78 is 0. The van der Waals surface area contributed by atoms with Crippen LogP contribution in [0.4, 0.5) is 5.95 Å². The molecule has 1 aliphatic heterocycles. The molecule has 0 aliphatic carbocycles. The largest absolute Gasteiger partial charge is 0.353 e. The molecule has 0 saturated carbocycles. The maximum Gasteiger partial charge on any atom is 0.225 e. The van der Waals surface area contributed by atoms with Crippen LogP contribution >= 0.6 is 0 Å². The van der Waals surface area contributed by atoms with Crippen LogP contribution in [0.3, 0.4) is 0 Å². The Morgan fingerprint density at radius 2 is 2.11 bits per heavy atom. The predicted molar refractivity (Wildman–Crippen MR) is 73.6 cm³/mol. The number of piperidine rings is 1. The van der Waals surface area contributed by atoms with Gasteiger partial charge in [-0.25, -0.2) is 9.97 Å². The summed E-state index contributed by atoms with van der Waals surface area (Å²) in [4.78, 5) is 22.4. The lowest BCUT2D eigenvalue weighted by molar-refractivity contribution is -0.125. The molecule has 6 nitrogen and oxygen atoms in total. The average Bonchev–Trinajstić information content (AvgIpc) is 2.48. The summed E-state index contributed by atoms with van der Waals surface area (Å²) in [6.07, 6.45) is 5.33. The number of amides is 1. The molecule has 1 atom stereocenters. The lowest BCUT2D eigenvalue weighted by Gasteiger charge is -2.32. The number of nitrogens with one attached hydrogen (secondary N) is 1. The summed E-state index contributed by atoms with van der Waals surface area (Å²) in [7, 11) is 0. The Morgan fingerprint density at radius 1 is 1.47 bits per heavy atom. The molecule has 2 rings (SSSR count). The van der Waals surface area contributed by atoms with Crippen LogP contribution < -0.4 is 16.0 Å². The highest BCUT2D eigenvalue weighted by atomic mass is 16.1. The highest BCUT2D eigenvalue weighted by Gasteiger charge is 2.23. The highest BCUT2D eigenvalue weighted by molar-refractivity contribution is 5.78. The Balaban J connectivity index is 1.81. The van der Waals surface area contributed by atoms with Crippen molar-refractivity contribution in [1.82, 2.24) is 15.3 Å². The molecule has 104 valence electrons. The van der Waals surface area contributed by atoms with Gasteiger partial charge in [0, 0.05) is 44.0 Å². The average molecular weight is 263 g/mol. The van der Waals surface area contributed by atoms with Crippen molar-refractivity contribution in [3.8, 4) is 0 Å². The Labute approximate surface area is 113 Å². The summed E-state index contributed by atoms with van der Waals surface area (Å²) in [5.74, 6) is 0.704. The van der Waals surface area contributed by atoms with Gasteiger partial charge in [0.1, 0.15) is 0 Å². The Kier molecular flexibility index (Phi) is 4.68.